The van der Waals surface area contributed by atoms with Gasteiger partial charge in [-0.05, 0) is 92.5 Å². The third-order valence-electron chi connectivity index (χ3n) is 8.67. The monoisotopic (exact) mass is 527 g/mol. The van der Waals surface area contributed by atoms with Crippen LogP contribution in [0.4, 0.5) is 0 Å². The van der Waals surface area contributed by atoms with Gasteiger partial charge in [0.05, 0.1) is 14.2 Å². The van der Waals surface area contributed by atoms with Crippen molar-refractivity contribution < 1.29 is 14.3 Å². The van der Waals surface area contributed by atoms with Gasteiger partial charge in [0.1, 0.15) is 11.5 Å². The Balaban J connectivity index is 1.38. The first kappa shape index (κ1) is 27.2. The number of carbonyl (C=O) groups excluding carboxylic acids is 1. The van der Waals surface area contributed by atoms with Gasteiger partial charge in [0, 0.05) is 43.7 Å². The Kier molecular flexibility index (Phi) is 8.24. The Labute approximate surface area is 233 Å². The molecular weight excluding hydrogens is 486 g/mol. The third-order valence-corrected chi connectivity index (χ3v) is 8.67. The second-order valence-corrected chi connectivity index (χ2v) is 11.2. The van der Waals surface area contributed by atoms with Crippen LogP contribution in [0, 0.1) is 0 Å². The topological polar surface area (TPSA) is 45.3 Å². The molecule has 0 saturated carbocycles. The fraction of sp³-hybridized carbons (Fsp3) is 0.424. The number of methoxy groups -OCH3 is 2. The lowest BCUT2D eigenvalue weighted by atomic mass is 9.69. The zero-order valence-electron chi connectivity index (χ0n) is 23.7. The molecular formula is C33H41N3O3. The van der Waals surface area contributed by atoms with Gasteiger partial charge in [0.2, 0.25) is 0 Å². The normalized spacial score (nSPS) is 19.5. The Bertz CT molecular complexity index is 1210. The SMILES string of the molecule is COc1ccc(C2(c3ccc(OC)cc3)CCCN(Cc3cccc(C(=O)N(C)C4CCN(C)C4)c3)C2)cc1. The molecule has 5 rings (SSSR count). The quantitative estimate of drug-likeness (QED) is 0.410. The highest BCUT2D eigenvalue weighted by molar-refractivity contribution is 5.94. The zero-order chi connectivity index (χ0) is 27.4. The number of hydrogen-bond donors (Lipinski definition) is 0. The predicted molar refractivity (Wildman–Crippen MR) is 156 cm³/mol. The summed E-state index contributed by atoms with van der Waals surface area (Å²) in [5.74, 6) is 1.85. The first-order valence-electron chi connectivity index (χ1n) is 14.0. The standard InChI is InChI=1S/C33H41N3O3/c1-34-20-17-29(23-34)35(2)32(37)26-8-5-7-25(21-26)22-36-19-6-18-33(24-36,27-9-13-30(38-3)14-10-27)28-11-15-31(39-4)16-12-28/h5,7-16,21,29H,6,17-20,22-24H2,1-4H3. The molecule has 0 bridgehead atoms. The van der Waals surface area contributed by atoms with Crippen molar-refractivity contribution in [3.8, 4) is 11.5 Å². The van der Waals surface area contributed by atoms with Crippen LogP contribution in [0.5, 0.6) is 11.5 Å². The number of nitrogens with zero attached hydrogens (tertiary/aromatic N) is 3. The third kappa shape index (κ3) is 5.82. The maximum atomic E-state index is 13.3. The Morgan fingerprint density at radius 3 is 2.15 bits per heavy atom. The van der Waals surface area contributed by atoms with E-state index in [4.69, 9.17) is 9.47 Å². The summed E-state index contributed by atoms with van der Waals surface area (Å²) in [6.07, 6.45) is 3.20. The Morgan fingerprint density at radius 2 is 1.59 bits per heavy atom. The smallest absolute Gasteiger partial charge is 0.253 e. The molecule has 6 nitrogen and oxygen atoms in total. The molecule has 2 heterocycles. The van der Waals surface area contributed by atoms with Crippen LogP contribution in [0.3, 0.4) is 0 Å². The van der Waals surface area contributed by atoms with Crippen LogP contribution < -0.4 is 9.47 Å². The minimum atomic E-state index is -0.140. The summed E-state index contributed by atoms with van der Waals surface area (Å²) < 4.78 is 10.9. The summed E-state index contributed by atoms with van der Waals surface area (Å²) in [6, 6.07) is 25.6. The van der Waals surface area contributed by atoms with Crippen molar-refractivity contribution in [3.05, 3.63) is 95.1 Å². The molecule has 2 fully saturated rings. The lowest BCUT2D eigenvalue weighted by Crippen LogP contribution is -2.46. The number of likely N-dealkylation sites (N-methyl/N-ethyl adjacent to an activating group) is 2. The zero-order valence-corrected chi connectivity index (χ0v) is 23.7. The van der Waals surface area contributed by atoms with Gasteiger partial charge in [-0.2, -0.15) is 0 Å². The maximum absolute atomic E-state index is 13.3. The van der Waals surface area contributed by atoms with Gasteiger partial charge in [-0.15, -0.1) is 0 Å². The van der Waals surface area contributed by atoms with Gasteiger partial charge in [0.15, 0.2) is 0 Å². The first-order valence-corrected chi connectivity index (χ1v) is 14.0. The number of rotatable bonds is 8. The lowest BCUT2D eigenvalue weighted by Gasteiger charge is -2.44. The molecule has 206 valence electrons. The van der Waals surface area contributed by atoms with Gasteiger partial charge in [-0.1, -0.05) is 36.4 Å². The summed E-state index contributed by atoms with van der Waals surface area (Å²) in [5, 5.41) is 0. The van der Waals surface area contributed by atoms with E-state index >= 15 is 0 Å². The van der Waals surface area contributed by atoms with Crippen molar-refractivity contribution in [1.29, 1.82) is 0 Å². The van der Waals surface area contributed by atoms with Gasteiger partial charge in [-0.3, -0.25) is 9.69 Å². The molecule has 0 spiro atoms. The highest BCUT2D eigenvalue weighted by Crippen LogP contribution is 2.42. The molecule has 2 saturated heterocycles. The average Bonchev–Trinajstić information content (AvgIpc) is 3.42. The molecule has 0 aliphatic carbocycles. The van der Waals surface area contributed by atoms with Crippen molar-refractivity contribution in [1.82, 2.24) is 14.7 Å². The fourth-order valence-electron chi connectivity index (χ4n) is 6.40. The summed E-state index contributed by atoms with van der Waals surface area (Å²) in [4.78, 5) is 20.1. The predicted octanol–water partition coefficient (Wildman–Crippen LogP) is 5.06. The molecule has 0 aromatic heterocycles. The van der Waals surface area contributed by atoms with Crippen LogP contribution in [0.15, 0.2) is 72.8 Å². The second kappa shape index (κ2) is 11.8. The van der Waals surface area contributed by atoms with Gasteiger partial charge < -0.3 is 19.3 Å². The van der Waals surface area contributed by atoms with Crippen molar-refractivity contribution in [2.75, 3.05) is 54.5 Å². The van der Waals surface area contributed by atoms with Crippen molar-refractivity contribution in [2.24, 2.45) is 0 Å². The molecule has 39 heavy (non-hydrogen) atoms. The number of amides is 1. The lowest BCUT2D eigenvalue weighted by molar-refractivity contribution is 0.0737. The summed E-state index contributed by atoms with van der Waals surface area (Å²) in [5.41, 5.74) is 4.41. The van der Waals surface area contributed by atoms with Gasteiger partial charge in [-0.25, -0.2) is 0 Å². The van der Waals surface area contributed by atoms with E-state index in [0.717, 1.165) is 69.0 Å². The van der Waals surface area contributed by atoms with E-state index in [2.05, 4.69) is 77.5 Å². The number of carbonyl (C=O) groups is 1. The fourth-order valence-corrected chi connectivity index (χ4v) is 6.40. The van der Waals surface area contributed by atoms with Crippen molar-refractivity contribution in [3.63, 3.8) is 0 Å². The first-order chi connectivity index (χ1) is 18.9. The van der Waals surface area contributed by atoms with Crippen molar-refractivity contribution >= 4 is 5.91 Å². The van der Waals surface area contributed by atoms with E-state index in [0.29, 0.717) is 0 Å². The van der Waals surface area contributed by atoms with Crippen molar-refractivity contribution in [2.45, 2.75) is 37.3 Å². The van der Waals surface area contributed by atoms with E-state index in [-0.39, 0.29) is 17.4 Å². The molecule has 1 amide bonds. The van der Waals surface area contributed by atoms with Crippen LogP contribution in [-0.2, 0) is 12.0 Å². The molecule has 1 unspecified atom stereocenters. The number of piperidine rings is 1. The molecule has 6 heteroatoms. The number of benzene rings is 3. The highest BCUT2D eigenvalue weighted by atomic mass is 16.5. The molecule has 0 radical (unpaired) electrons. The maximum Gasteiger partial charge on any atom is 0.253 e. The summed E-state index contributed by atoms with van der Waals surface area (Å²) >= 11 is 0. The largest absolute Gasteiger partial charge is 0.497 e. The Morgan fingerprint density at radius 1 is 0.949 bits per heavy atom. The minimum Gasteiger partial charge on any atom is -0.497 e. The van der Waals surface area contributed by atoms with E-state index < -0.39 is 0 Å². The van der Waals surface area contributed by atoms with Gasteiger partial charge in [0.25, 0.3) is 5.91 Å². The second-order valence-electron chi connectivity index (χ2n) is 11.2. The molecule has 0 N–H and O–H groups in total. The average molecular weight is 528 g/mol. The van der Waals surface area contributed by atoms with E-state index in [1.54, 1.807) is 14.2 Å². The van der Waals surface area contributed by atoms with Crippen LogP contribution in [0.25, 0.3) is 0 Å². The van der Waals surface area contributed by atoms with Crippen LogP contribution >= 0.6 is 0 Å². The number of ether oxygens (including phenoxy) is 2. The molecule has 3 aromatic carbocycles. The summed E-state index contributed by atoms with van der Waals surface area (Å²) in [7, 11) is 7.48. The number of hydrogen-bond acceptors (Lipinski definition) is 5. The number of likely N-dealkylation sites (tertiary alicyclic amines) is 2. The minimum absolute atomic E-state index is 0.113. The highest BCUT2D eigenvalue weighted by Gasteiger charge is 2.39. The molecule has 2 aliphatic heterocycles. The van der Waals surface area contributed by atoms with Crippen LogP contribution in [0.2, 0.25) is 0 Å². The molecule has 1 atom stereocenters. The molecule has 2 aliphatic rings. The molecule has 3 aromatic rings. The van der Waals surface area contributed by atoms with E-state index in [1.807, 2.05) is 24.1 Å². The van der Waals surface area contributed by atoms with E-state index in [9.17, 15) is 4.79 Å². The van der Waals surface area contributed by atoms with Crippen LogP contribution in [-0.4, -0.2) is 81.1 Å². The summed E-state index contributed by atoms with van der Waals surface area (Å²) in [6.45, 7) is 4.72. The van der Waals surface area contributed by atoms with Crippen LogP contribution in [0.1, 0.15) is 46.3 Å². The Hall–Kier alpha value is -3.35. The van der Waals surface area contributed by atoms with E-state index in [1.165, 1.54) is 16.7 Å². The van der Waals surface area contributed by atoms with Gasteiger partial charge >= 0.3 is 0 Å².